The first kappa shape index (κ1) is 22.7. The molecule has 0 saturated heterocycles. The van der Waals surface area contributed by atoms with E-state index >= 15 is 0 Å². The fourth-order valence-corrected chi connectivity index (χ4v) is 2.64. The van der Waals surface area contributed by atoms with Crippen LogP contribution in [0.25, 0.3) is 0 Å². The third kappa shape index (κ3) is 7.39. The molecule has 0 fully saturated rings. The Kier molecular flexibility index (Phi) is 8.14. The van der Waals surface area contributed by atoms with E-state index in [9.17, 15) is 13.6 Å². The number of ether oxygens (including phenoxy) is 3. The van der Waals surface area contributed by atoms with Crippen molar-refractivity contribution in [3.63, 3.8) is 0 Å². The largest absolute Gasteiger partial charge is 0.489 e. The highest BCUT2D eigenvalue weighted by atomic mass is 19.3. The summed E-state index contributed by atoms with van der Waals surface area (Å²) in [6.45, 7) is -0.962. The van der Waals surface area contributed by atoms with Crippen LogP contribution < -0.4 is 19.6 Å². The molecule has 3 aromatic carbocycles. The third-order valence-corrected chi connectivity index (χ3v) is 4.29. The highest BCUT2D eigenvalue weighted by Gasteiger charge is 2.06. The second kappa shape index (κ2) is 11.5. The van der Waals surface area contributed by atoms with Crippen LogP contribution in [0.15, 0.2) is 84.0 Å². The molecule has 0 spiro atoms. The number of rotatable bonds is 10. The van der Waals surface area contributed by atoms with Crippen molar-refractivity contribution in [1.82, 2.24) is 5.43 Å². The monoisotopic (exact) mass is 440 g/mol. The van der Waals surface area contributed by atoms with Gasteiger partial charge in [0.15, 0.2) is 6.61 Å². The zero-order valence-electron chi connectivity index (χ0n) is 17.3. The molecule has 32 heavy (non-hydrogen) atoms. The lowest BCUT2D eigenvalue weighted by Crippen LogP contribution is -2.25. The molecule has 0 heterocycles. The van der Waals surface area contributed by atoms with Gasteiger partial charge in [0.2, 0.25) is 0 Å². The zero-order chi connectivity index (χ0) is 22.8. The highest BCUT2D eigenvalue weighted by Crippen LogP contribution is 2.19. The van der Waals surface area contributed by atoms with Crippen LogP contribution in [0, 0.1) is 0 Å². The van der Waals surface area contributed by atoms with Gasteiger partial charge in [0.25, 0.3) is 5.91 Å². The minimum atomic E-state index is -2.88. The second-order valence-electron chi connectivity index (χ2n) is 6.67. The van der Waals surface area contributed by atoms with Crippen molar-refractivity contribution in [2.24, 2.45) is 5.10 Å². The Bertz CT molecular complexity index is 1020. The van der Waals surface area contributed by atoms with E-state index in [1.165, 1.54) is 12.1 Å². The second-order valence-corrected chi connectivity index (χ2v) is 6.67. The van der Waals surface area contributed by atoms with Crippen molar-refractivity contribution in [2.45, 2.75) is 20.1 Å². The lowest BCUT2D eigenvalue weighted by molar-refractivity contribution is -0.123. The molecule has 0 saturated carbocycles. The van der Waals surface area contributed by atoms with Crippen molar-refractivity contribution in [1.29, 1.82) is 0 Å². The first-order valence-electron chi connectivity index (χ1n) is 9.77. The van der Waals surface area contributed by atoms with Crippen LogP contribution in [0.4, 0.5) is 8.78 Å². The number of carbonyl (C=O) groups excluding carboxylic acids is 1. The van der Waals surface area contributed by atoms with Gasteiger partial charge in [0.05, 0.1) is 5.71 Å². The van der Waals surface area contributed by atoms with Gasteiger partial charge in [0.1, 0.15) is 23.9 Å². The number of nitrogens with zero attached hydrogens (tertiary/aromatic N) is 1. The first-order chi connectivity index (χ1) is 15.5. The molecular formula is C24H22F2N2O4. The Balaban J connectivity index is 1.43. The molecule has 0 aliphatic heterocycles. The van der Waals surface area contributed by atoms with Crippen molar-refractivity contribution < 1.29 is 27.8 Å². The van der Waals surface area contributed by atoms with Crippen molar-refractivity contribution in [3.05, 3.63) is 90.0 Å². The van der Waals surface area contributed by atoms with Crippen LogP contribution in [-0.4, -0.2) is 24.8 Å². The van der Waals surface area contributed by atoms with E-state index in [0.29, 0.717) is 29.4 Å². The highest BCUT2D eigenvalue weighted by molar-refractivity contribution is 5.99. The summed E-state index contributed by atoms with van der Waals surface area (Å²) in [5.41, 5.74) is 4.62. The number of carbonyl (C=O) groups is 1. The molecule has 0 unspecified atom stereocenters. The number of hydrogen-bond acceptors (Lipinski definition) is 5. The molecule has 0 aromatic heterocycles. The van der Waals surface area contributed by atoms with Crippen LogP contribution in [0.2, 0.25) is 0 Å². The minimum Gasteiger partial charge on any atom is -0.489 e. The van der Waals surface area contributed by atoms with Crippen LogP contribution in [-0.2, 0) is 11.4 Å². The lowest BCUT2D eigenvalue weighted by Gasteiger charge is -2.09. The van der Waals surface area contributed by atoms with E-state index in [1.807, 2.05) is 30.3 Å². The molecular weight excluding hydrogens is 418 g/mol. The first-order valence-corrected chi connectivity index (χ1v) is 9.77. The molecule has 1 N–H and O–H groups in total. The summed E-state index contributed by atoms with van der Waals surface area (Å²) in [5.74, 6) is 0.815. The predicted molar refractivity (Wildman–Crippen MR) is 116 cm³/mol. The van der Waals surface area contributed by atoms with Gasteiger partial charge >= 0.3 is 6.61 Å². The van der Waals surface area contributed by atoms with Gasteiger partial charge in [0, 0.05) is 0 Å². The van der Waals surface area contributed by atoms with Crippen molar-refractivity contribution in [2.75, 3.05) is 6.61 Å². The molecule has 0 aliphatic carbocycles. The van der Waals surface area contributed by atoms with Gasteiger partial charge in [-0.3, -0.25) is 4.79 Å². The third-order valence-electron chi connectivity index (χ3n) is 4.29. The minimum absolute atomic E-state index is 0.0467. The zero-order valence-corrected chi connectivity index (χ0v) is 17.3. The summed E-state index contributed by atoms with van der Waals surface area (Å²) >= 11 is 0. The smallest absolute Gasteiger partial charge is 0.387 e. The van der Waals surface area contributed by atoms with E-state index < -0.39 is 12.5 Å². The Labute approximate surface area is 184 Å². The standard InChI is InChI=1S/C24H22F2N2O4/c1-17(19-7-9-22(10-8-19)32-24(25)26)27-28-23(29)16-31-21-13-11-20(12-14-21)30-15-18-5-3-2-4-6-18/h2-14,24H,15-16H2,1H3,(H,28,29). The number of hydrogen-bond donors (Lipinski definition) is 1. The maximum atomic E-state index is 12.2. The maximum Gasteiger partial charge on any atom is 0.387 e. The van der Waals surface area contributed by atoms with Crippen LogP contribution in [0.3, 0.4) is 0 Å². The number of nitrogens with one attached hydrogen (secondary N) is 1. The van der Waals surface area contributed by atoms with E-state index in [4.69, 9.17) is 9.47 Å². The summed E-state index contributed by atoms with van der Waals surface area (Å²) in [7, 11) is 0. The van der Waals surface area contributed by atoms with Gasteiger partial charge in [-0.15, -0.1) is 0 Å². The fraction of sp³-hybridized carbons (Fsp3) is 0.167. The van der Waals surface area contributed by atoms with E-state index in [1.54, 1.807) is 43.3 Å². The van der Waals surface area contributed by atoms with Gasteiger partial charge in [-0.2, -0.15) is 13.9 Å². The van der Waals surface area contributed by atoms with Crippen LogP contribution >= 0.6 is 0 Å². The fourth-order valence-electron chi connectivity index (χ4n) is 2.64. The molecule has 0 bridgehead atoms. The molecule has 0 atom stereocenters. The van der Waals surface area contributed by atoms with Gasteiger partial charge < -0.3 is 14.2 Å². The number of halogens is 2. The Morgan fingerprint density at radius 2 is 1.47 bits per heavy atom. The molecule has 8 heteroatoms. The molecule has 3 aromatic rings. The Hall–Kier alpha value is -3.94. The average Bonchev–Trinajstić information content (AvgIpc) is 2.81. The number of alkyl halides is 2. The van der Waals surface area contributed by atoms with Crippen molar-refractivity contribution >= 4 is 11.6 Å². The molecule has 6 nitrogen and oxygen atoms in total. The normalized spacial score (nSPS) is 11.2. The lowest BCUT2D eigenvalue weighted by atomic mass is 10.1. The molecule has 3 rings (SSSR count). The van der Waals surface area contributed by atoms with E-state index in [-0.39, 0.29) is 12.4 Å². The summed E-state index contributed by atoms with van der Waals surface area (Å²) in [6, 6.07) is 22.7. The van der Waals surface area contributed by atoms with Gasteiger partial charge in [-0.1, -0.05) is 30.3 Å². The maximum absolute atomic E-state index is 12.2. The summed E-state index contributed by atoms with van der Waals surface area (Å²) in [6.07, 6.45) is 0. The molecule has 166 valence electrons. The van der Waals surface area contributed by atoms with Crippen LogP contribution in [0.1, 0.15) is 18.1 Å². The van der Waals surface area contributed by atoms with E-state index in [0.717, 1.165) is 5.56 Å². The SMILES string of the molecule is CC(=NNC(=O)COc1ccc(OCc2ccccc2)cc1)c1ccc(OC(F)F)cc1. The molecule has 1 amide bonds. The summed E-state index contributed by atoms with van der Waals surface area (Å²) in [5, 5.41) is 3.99. The van der Waals surface area contributed by atoms with E-state index in [2.05, 4.69) is 15.3 Å². The summed E-state index contributed by atoms with van der Waals surface area (Å²) < 4.78 is 39.8. The van der Waals surface area contributed by atoms with Crippen LogP contribution in [0.5, 0.6) is 17.2 Å². The quantitative estimate of drug-likeness (QED) is 0.364. The average molecular weight is 440 g/mol. The number of amides is 1. The van der Waals surface area contributed by atoms with Crippen molar-refractivity contribution in [3.8, 4) is 17.2 Å². The number of benzene rings is 3. The summed E-state index contributed by atoms with van der Waals surface area (Å²) in [4.78, 5) is 12.0. The topological polar surface area (TPSA) is 69.2 Å². The molecule has 0 radical (unpaired) electrons. The Morgan fingerprint density at radius 1 is 0.875 bits per heavy atom. The van der Waals surface area contributed by atoms with Gasteiger partial charge in [-0.25, -0.2) is 5.43 Å². The molecule has 0 aliphatic rings. The van der Waals surface area contributed by atoms with Gasteiger partial charge in [-0.05, 0) is 66.6 Å². The Morgan fingerprint density at radius 3 is 2.09 bits per heavy atom. The number of hydrazone groups is 1. The predicted octanol–water partition coefficient (Wildman–Crippen LogP) is 4.79.